The summed E-state index contributed by atoms with van der Waals surface area (Å²) >= 11 is 6.26. The van der Waals surface area contributed by atoms with Crippen LogP contribution in [0.4, 0.5) is 19.0 Å². The Kier molecular flexibility index (Phi) is 8.88. The molecule has 0 amide bonds. The molecular weight excluding hydrogens is 553 g/mol. The highest BCUT2D eigenvalue weighted by molar-refractivity contribution is 6.28. The number of carboxylic acids is 1. The van der Waals surface area contributed by atoms with Crippen LogP contribution in [-0.4, -0.2) is 71.8 Å². The average molecular weight is 579 g/mol. The number of hydrogen-bond acceptors (Lipinski definition) is 8. The minimum Gasteiger partial charge on any atom is -0.475 e. The molecule has 0 bridgehead atoms. The number of fused-ring (bicyclic) bond motifs is 1. The van der Waals surface area contributed by atoms with Crippen LogP contribution in [0.15, 0.2) is 67.0 Å². The Morgan fingerprint density at radius 3 is 2.08 bits per heavy atom. The molecule has 4 aromatic rings. The van der Waals surface area contributed by atoms with E-state index in [9.17, 15) is 23.4 Å². The van der Waals surface area contributed by atoms with E-state index in [0.717, 1.165) is 0 Å². The van der Waals surface area contributed by atoms with Gasteiger partial charge in [0.25, 0.3) is 0 Å². The summed E-state index contributed by atoms with van der Waals surface area (Å²) in [5, 5.41) is 31.2. The molecule has 6 N–H and O–H groups in total. The van der Waals surface area contributed by atoms with E-state index in [0.29, 0.717) is 29.9 Å². The molecule has 4 atom stereocenters. The Morgan fingerprint density at radius 2 is 1.60 bits per heavy atom. The highest BCUT2D eigenvalue weighted by Crippen LogP contribution is 2.34. The second kappa shape index (κ2) is 12.2. The zero-order chi connectivity index (χ0) is 29.0. The number of imidazole rings is 1. The molecule has 0 aliphatic heterocycles. The predicted molar refractivity (Wildman–Crippen MR) is 141 cm³/mol. The maximum absolute atomic E-state index is 10.6. The summed E-state index contributed by atoms with van der Waals surface area (Å²) < 4.78 is 33.5. The number of rotatable bonds is 6. The van der Waals surface area contributed by atoms with Crippen molar-refractivity contribution in [3.8, 4) is 0 Å². The van der Waals surface area contributed by atoms with Crippen molar-refractivity contribution in [2.24, 2.45) is 5.73 Å². The molecule has 212 valence electrons. The summed E-state index contributed by atoms with van der Waals surface area (Å²) in [5.74, 6) is -2.16. The van der Waals surface area contributed by atoms with E-state index in [1.54, 1.807) is 10.9 Å². The zero-order valence-corrected chi connectivity index (χ0v) is 21.5. The van der Waals surface area contributed by atoms with Crippen molar-refractivity contribution in [3.05, 3.63) is 83.4 Å². The molecule has 2 aromatic carbocycles. The molecule has 0 radical (unpaired) electrons. The average Bonchev–Trinajstić information content (AvgIpc) is 3.45. The fourth-order valence-corrected chi connectivity index (χ4v) is 4.73. The van der Waals surface area contributed by atoms with Gasteiger partial charge in [-0.25, -0.2) is 9.78 Å². The minimum atomic E-state index is -5.08. The number of aliphatic hydroxyl groups excluding tert-OH is 2. The van der Waals surface area contributed by atoms with Gasteiger partial charge in [0.15, 0.2) is 17.0 Å². The first-order valence-electron chi connectivity index (χ1n) is 12.1. The van der Waals surface area contributed by atoms with Crippen molar-refractivity contribution in [3.63, 3.8) is 0 Å². The van der Waals surface area contributed by atoms with Crippen LogP contribution >= 0.6 is 11.6 Å². The second-order valence-electron chi connectivity index (χ2n) is 9.17. The van der Waals surface area contributed by atoms with Crippen LogP contribution in [0.3, 0.4) is 0 Å². The Bertz CT molecular complexity index is 1400. The number of carboxylic acid groups (broad SMARTS) is 1. The van der Waals surface area contributed by atoms with E-state index in [1.807, 2.05) is 36.4 Å². The number of aromatic nitrogens is 4. The van der Waals surface area contributed by atoms with Gasteiger partial charge in [0.2, 0.25) is 5.28 Å². The normalized spacial score (nSPS) is 20.8. The van der Waals surface area contributed by atoms with Crippen molar-refractivity contribution >= 4 is 34.6 Å². The third-order valence-corrected chi connectivity index (χ3v) is 6.74. The topological polar surface area (TPSA) is 159 Å². The summed E-state index contributed by atoms with van der Waals surface area (Å²) in [5.41, 5.74) is 9.33. The van der Waals surface area contributed by atoms with Gasteiger partial charge in [-0.05, 0) is 29.1 Å². The fraction of sp³-hybridized carbons (Fsp3) is 0.308. The van der Waals surface area contributed by atoms with Crippen LogP contribution in [0.1, 0.15) is 29.5 Å². The van der Waals surface area contributed by atoms with Crippen molar-refractivity contribution < 1.29 is 33.3 Å². The molecule has 0 saturated heterocycles. The van der Waals surface area contributed by atoms with Crippen molar-refractivity contribution in [2.75, 3.05) is 11.9 Å². The van der Waals surface area contributed by atoms with E-state index in [4.69, 9.17) is 27.2 Å². The van der Waals surface area contributed by atoms with Crippen LogP contribution in [0.5, 0.6) is 0 Å². The number of carbonyl (C=O) groups is 1. The van der Waals surface area contributed by atoms with Crippen LogP contribution < -0.4 is 11.1 Å². The third-order valence-electron chi connectivity index (χ3n) is 6.57. The number of nitrogens with two attached hydrogens (primary N) is 1. The van der Waals surface area contributed by atoms with Crippen LogP contribution in [0.25, 0.3) is 11.2 Å². The standard InChI is InChI=1S/C24H25ClN6O2.C2HF3O2/c25-24-29-22(19-23(30-24)31(13-28-19)18-11-17(26)20(32)21(18)33)27-12-16(14-7-3-1-4-8-14)15-9-5-2-6-10-15;3-2(4,5)1(6)7/h1-10,13,16-18,20-21,32-33H,11-12,26H2,(H,27,29,30);(H,6,7)/t17-,18+,20+,21-;/m0./s1. The van der Waals surface area contributed by atoms with Crippen molar-refractivity contribution in [2.45, 2.75) is 42.8 Å². The number of halogens is 4. The molecule has 14 heteroatoms. The first-order valence-corrected chi connectivity index (χ1v) is 12.5. The Labute approximate surface area is 231 Å². The van der Waals surface area contributed by atoms with Crippen LogP contribution in [0, 0.1) is 0 Å². The molecule has 10 nitrogen and oxygen atoms in total. The van der Waals surface area contributed by atoms with Crippen molar-refractivity contribution in [1.29, 1.82) is 0 Å². The summed E-state index contributed by atoms with van der Waals surface area (Å²) in [6.45, 7) is 0.568. The van der Waals surface area contributed by atoms with Gasteiger partial charge < -0.3 is 30.9 Å². The number of benzene rings is 2. The number of nitrogens with zero attached hydrogens (tertiary/aromatic N) is 4. The molecule has 1 aliphatic carbocycles. The Morgan fingerprint density at radius 1 is 1.05 bits per heavy atom. The molecule has 2 heterocycles. The molecule has 0 unspecified atom stereocenters. The van der Waals surface area contributed by atoms with E-state index in [2.05, 4.69) is 44.5 Å². The lowest BCUT2D eigenvalue weighted by Crippen LogP contribution is -2.35. The number of aliphatic hydroxyl groups is 2. The Hall–Kier alpha value is -3.78. The van der Waals surface area contributed by atoms with E-state index >= 15 is 0 Å². The molecule has 40 heavy (non-hydrogen) atoms. The lowest BCUT2D eigenvalue weighted by molar-refractivity contribution is -0.192. The number of hydrogen-bond donors (Lipinski definition) is 5. The summed E-state index contributed by atoms with van der Waals surface area (Å²) in [6.07, 6.45) is -5.10. The van der Waals surface area contributed by atoms with Crippen LogP contribution in [-0.2, 0) is 4.79 Å². The summed E-state index contributed by atoms with van der Waals surface area (Å²) in [6, 6.07) is 19.6. The van der Waals surface area contributed by atoms with Gasteiger partial charge in [-0.15, -0.1) is 0 Å². The number of anilines is 1. The number of alkyl halides is 3. The Balaban J connectivity index is 0.000000470. The lowest BCUT2D eigenvalue weighted by Gasteiger charge is -2.20. The van der Waals surface area contributed by atoms with E-state index in [1.165, 1.54) is 11.1 Å². The molecular formula is C26H26ClF3N6O4. The lowest BCUT2D eigenvalue weighted by atomic mass is 9.91. The fourth-order valence-electron chi connectivity index (χ4n) is 4.57. The minimum absolute atomic E-state index is 0.0695. The smallest absolute Gasteiger partial charge is 0.475 e. The number of nitrogens with one attached hydrogen (secondary N) is 1. The molecule has 1 fully saturated rings. The summed E-state index contributed by atoms with van der Waals surface area (Å²) in [7, 11) is 0. The van der Waals surface area contributed by atoms with Gasteiger partial charge in [0.1, 0.15) is 6.10 Å². The highest BCUT2D eigenvalue weighted by atomic mass is 35.5. The van der Waals surface area contributed by atoms with Gasteiger partial charge in [-0.1, -0.05) is 60.7 Å². The zero-order valence-electron chi connectivity index (χ0n) is 20.8. The monoisotopic (exact) mass is 578 g/mol. The third kappa shape index (κ3) is 6.50. The highest BCUT2D eigenvalue weighted by Gasteiger charge is 2.41. The van der Waals surface area contributed by atoms with Gasteiger partial charge in [-0.3, -0.25) is 0 Å². The quantitative estimate of drug-likeness (QED) is 0.216. The molecule has 0 spiro atoms. The van der Waals surface area contributed by atoms with E-state index < -0.39 is 36.4 Å². The molecule has 5 rings (SSSR count). The molecule has 2 aromatic heterocycles. The van der Waals surface area contributed by atoms with Crippen LogP contribution in [0.2, 0.25) is 5.28 Å². The summed E-state index contributed by atoms with van der Waals surface area (Å²) in [4.78, 5) is 22.1. The van der Waals surface area contributed by atoms with E-state index in [-0.39, 0.29) is 11.2 Å². The predicted octanol–water partition coefficient (Wildman–Crippen LogP) is 3.35. The first-order chi connectivity index (χ1) is 19.0. The first kappa shape index (κ1) is 29.2. The maximum Gasteiger partial charge on any atom is 0.490 e. The SMILES string of the molecule is N[C@H]1C[C@@H](n2cnc3c(NCC(c4ccccc4)c4ccccc4)nc(Cl)nc32)[C@H](O)[C@@H]1O.O=C(O)C(F)(F)F. The van der Waals surface area contributed by atoms with Crippen molar-refractivity contribution in [1.82, 2.24) is 19.5 Å². The largest absolute Gasteiger partial charge is 0.490 e. The van der Waals surface area contributed by atoms with Gasteiger partial charge in [0, 0.05) is 18.5 Å². The second-order valence-corrected chi connectivity index (χ2v) is 9.51. The number of aliphatic carboxylic acids is 1. The molecule has 1 saturated carbocycles. The maximum atomic E-state index is 10.6. The molecule has 1 aliphatic rings. The van der Waals surface area contributed by atoms with Gasteiger partial charge in [-0.2, -0.15) is 23.1 Å². The van der Waals surface area contributed by atoms with Gasteiger partial charge in [0.05, 0.1) is 18.5 Å². The van der Waals surface area contributed by atoms with Gasteiger partial charge >= 0.3 is 12.1 Å².